The van der Waals surface area contributed by atoms with Crippen molar-refractivity contribution in [2.75, 3.05) is 5.73 Å². The number of fused-ring (bicyclic) bond motifs is 3. The molecular formula is C16H14F2N4. The molecule has 0 fully saturated rings. The summed E-state index contributed by atoms with van der Waals surface area (Å²) in [5, 5.41) is 0. The third-order valence-corrected chi connectivity index (χ3v) is 4.35. The second-order valence-electron chi connectivity index (χ2n) is 5.64. The first kappa shape index (κ1) is 13.2. The number of hydrogen-bond acceptors (Lipinski definition) is 3. The van der Waals surface area contributed by atoms with Crippen molar-refractivity contribution < 1.29 is 8.78 Å². The summed E-state index contributed by atoms with van der Waals surface area (Å²) < 4.78 is 28.8. The molecule has 2 aromatic heterocycles. The van der Waals surface area contributed by atoms with Crippen LogP contribution in [0.5, 0.6) is 0 Å². The van der Waals surface area contributed by atoms with Gasteiger partial charge in [-0.15, -0.1) is 0 Å². The Morgan fingerprint density at radius 2 is 2.05 bits per heavy atom. The van der Waals surface area contributed by atoms with E-state index in [1.54, 1.807) is 12.4 Å². The lowest BCUT2D eigenvalue weighted by atomic mass is 9.83. The summed E-state index contributed by atoms with van der Waals surface area (Å²) in [6.07, 6.45) is 7.68. The lowest BCUT2D eigenvalue weighted by Gasteiger charge is -2.23. The third-order valence-electron chi connectivity index (χ3n) is 4.35. The summed E-state index contributed by atoms with van der Waals surface area (Å²) in [7, 11) is 0. The Labute approximate surface area is 125 Å². The average molecular weight is 300 g/mol. The summed E-state index contributed by atoms with van der Waals surface area (Å²) in [5.74, 6) is -1.70. The molecule has 3 aromatic rings. The van der Waals surface area contributed by atoms with Gasteiger partial charge in [0.05, 0.1) is 11.9 Å². The summed E-state index contributed by atoms with van der Waals surface area (Å²) in [4.78, 5) is 8.66. The molecular weight excluding hydrogens is 286 g/mol. The lowest BCUT2D eigenvalue weighted by molar-refractivity contribution is 0.501. The maximum atomic E-state index is 13.5. The van der Waals surface area contributed by atoms with Crippen LogP contribution in [0.25, 0.3) is 5.65 Å². The monoisotopic (exact) mass is 300 g/mol. The minimum Gasteiger partial charge on any atom is -0.398 e. The van der Waals surface area contributed by atoms with Crippen LogP contribution < -0.4 is 5.73 Å². The van der Waals surface area contributed by atoms with Gasteiger partial charge in [0.15, 0.2) is 17.3 Å². The second-order valence-corrected chi connectivity index (χ2v) is 5.64. The third kappa shape index (κ3) is 1.94. The maximum Gasteiger partial charge on any atom is 0.160 e. The van der Waals surface area contributed by atoms with Crippen LogP contribution in [-0.2, 0) is 12.8 Å². The molecule has 112 valence electrons. The van der Waals surface area contributed by atoms with E-state index in [1.165, 1.54) is 6.07 Å². The van der Waals surface area contributed by atoms with Crippen molar-refractivity contribution in [1.82, 2.24) is 14.4 Å². The molecule has 4 nitrogen and oxygen atoms in total. The Hall–Kier alpha value is -2.50. The molecule has 0 radical (unpaired) electrons. The number of rotatable bonds is 1. The number of nitrogen functional groups attached to an aromatic ring is 1. The van der Waals surface area contributed by atoms with Gasteiger partial charge in [0, 0.05) is 29.8 Å². The van der Waals surface area contributed by atoms with Crippen molar-refractivity contribution in [3.05, 3.63) is 59.3 Å². The fourth-order valence-electron chi connectivity index (χ4n) is 3.28. The minimum absolute atomic E-state index is 0.0560. The van der Waals surface area contributed by atoms with Gasteiger partial charge in [0.2, 0.25) is 0 Å². The number of benzene rings is 1. The molecule has 0 bridgehead atoms. The molecule has 0 saturated heterocycles. The van der Waals surface area contributed by atoms with Crippen molar-refractivity contribution in [2.24, 2.45) is 0 Å². The molecule has 0 amide bonds. The predicted molar refractivity (Wildman–Crippen MR) is 78.5 cm³/mol. The van der Waals surface area contributed by atoms with Crippen molar-refractivity contribution in [2.45, 2.75) is 25.2 Å². The smallest absolute Gasteiger partial charge is 0.160 e. The highest BCUT2D eigenvalue weighted by Gasteiger charge is 2.26. The molecule has 2 heterocycles. The summed E-state index contributed by atoms with van der Waals surface area (Å²) in [6, 6.07) is 2.28. The molecule has 4 rings (SSSR count). The molecule has 0 aliphatic heterocycles. The van der Waals surface area contributed by atoms with Gasteiger partial charge in [0.1, 0.15) is 0 Å². The van der Waals surface area contributed by atoms with Gasteiger partial charge < -0.3 is 10.1 Å². The molecule has 0 spiro atoms. The van der Waals surface area contributed by atoms with Crippen LogP contribution in [0.2, 0.25) is 0 Å². The molecule has 0 saturated carbocycles. The van der Waals surface area contributed by atoms with E-state index < -0.39 is 11.6 Å². The number of halogens is 2. The molecule has 6 heteroatoms. The first-order valence-corrected chi connectivity index (χ1v) is 7.17. The highest BCUT2D eigenvalue weighted by atomic mass is 19.2. The van der Waals surface area contributed by atoms with Crippen LogP contribution in [0.15, 0.2) is 30.7 Å². The SMILES string of the molecule is Nc1cc(F)c(F)cc1C1CCc2c(nc3cnccn23)C1. The summed E-state index contributed by atoms with van der Waals surface area (Å²) in [6.45, 7) is 0. The van der Waals surface area contributed by atoms with E-state index in [0.29, 0.717) is 17.7 Å². The van der Waals surface area contributed by atoms with Crippen molar-refractivity contribution in [3.8, 4) is 0 Å². The Morgan fingerprint density at radius 1 is 1.23 bits per heavy atom. The van der Waals surface area contributed by atoms with Crippen LogP contribution in [0.3, 0.4) is 0 Å². The van der Waals surface area contributed by atoms with E-state index in [2.05, 4.69) is 9.97 Å². The summed E-state index contributed by atoms with van der Waals surface area (Å²) >= 11 is 0. The highest BCUT2D eigenvalue weighted by Crippen LogP contribution is 2.36. The fourth-order valence-corrected chi connectivity index (χ4v) is 3.28. The van der Waals surface area contributed by atoms with E-state index in [-0.39, 0.29) is 5.92 Å². The first-order chi connectivity index (χ1) is 10.6. The highest BCUT2D eigenvalue weighted by molar-refractivity contribution is 5.51. The standard InChI is InChI=1S/C16H14F2N4/c17-11-6-10(13(19)7-12(11)18)9-1-2-15-14(5-9)21-16-8-20-3-4-22(15)16/h3-4,6-9H,1-2,5,19H2. The van der Waals surface area contributed by atoms with Gasteiger partial charge >= 0.3 is 0 Å². The number of hydrogen-bond donors (Lipinski definition) is 1. The van der Waals surface area contributed by atoms with Crippen molar-refractivity contribution in [1.29, 1.82) is 0 Å². The topological polar surface area (TPSA) is 56.2 Å². The molecule has 1 atom stereocenters. The maximum absolute atomic E-state index is 13.5. The molecule has 1 aliphatic carbocycles. The lowest BCUT2D eigenvalue weighted by Crippen LogP contribution is -2.15. The number of nitrogens with zero attached hydrogens (tertiary/aromatic N) is 3. The van der Waals surface area contributed by atoms with Gasteiger partial charge in [-0.1, -0.05) is 0 Å². The molecule has 1 aliphatic rings. The number of aromatic nitrogens is 3. The number of aryl methyl sites for hydroxylation is 1. The van der Waals surface area contributed by atoms with Gasteiger partial charge in [-0.25, -0.2) is 13.8 Å². The van der Waals surface area contributed by atoms with Crippen LogP contribution in [-0.4, -0.2) is 14.4 Å². The predicted octanol–water partition coefficient (Wildman–Crippen LogP) is 2.86. The fraction of sp³-hybridized carbons (Fsp3) is 0.250. The number of anilines is 1. The molecule has 22 heavy (non-hydrogen) atoms. The Morgan fingerprint density at radius 3 is 2.91 bits per heavy atom. The Bertz CT molecular complexity index is 872. The zero-order chi connectivity index (χ0) is 15.3. The van der Waals surface area contributed by atoms with Gasteiger partial charge in [-0.05, 0) is 36.8 Å². The quantitative estimate of drug-likeness (QED) is 0.703. The zero-order valence-corrected chi connectivity index (χ0v) is 11.8. The van der Waals surface area contributed by atoms with Gasteiger partial charge in [0.25, 0.3) is 0 Å². The van der Waals surface area contributed by atoms with Crippen LogP contribution >= 0.6 is 0 Å². The number of nitrogens with two attached hydrogens (primary N) is 1. The Balaban J connectivity index is 1.74. The first-order valence-electron chi connectivity index (χ1n) is 7.17. The van der Waals surface area contributed by atoms with E-state index in [0.717, 1.165) is 35.9 Å². The summed E-state index contributed by atoms with van der Waals surface area (Å²) in [5.41, 5.74) is 9.80. The van der Waals surface area contributed by atoms with E-state index >= 15 is 0 Å². The van der Waals surface area contributed by atoms with Crippen LogP contribution in [0.4, 0.5) is 14.5 Å². The zero-order valence-electron chi connectivity index (χ0n) is 11.8. The van der Waals surface area contributed by atoms with Crippen molar-refractivity contribution in [3.63, 3.8) is 0 Å². The van der Waals surface area contributed by atoms with Gasteiger partial charge in [-0.3, -0.25) is 4.98 Å². The van der Waals surface area contributed by atoms with Crippen LogP contribution in [0.1, 0.15) is 29.3 Å². The van der Waals surface area contributed by atoms with E-state index in [9.17, 15) is 8.78 Å². The average Bonchev–Trinajstić information content (AvgIpc) is 2.88. The van der Waals surface area contributed by atoms with Crippen LogP contribution in [0, 0.1) is 11.6 Å². The van der Waals surface area contributed by atoms with Crippen molar-refractivity contribution >= 4 is 11.3 Å². The largest absolute Gasteiger partial charge is 0.398 e. The number of imidazole rings is 1. The Kier molecular flexibility index (Phi) is 2.85. The molecule has 1 aromatic carbocycles. The normalized spacial score (nSPS) is 17.6. The van der Waals surface area contributed by atoms with E-state index in [1.807, 2.05) is 10.6 Å². The molecule has 2 N–H and O–H groups in total. The van der Waals surface area contributed by atoms with Gasteiger partial charge in [-0.2, -0.15) is 0 Å². The second kappa shape index (κ2) is 4.76. The van der Waals surface area contributed by atoms with E-state index in [4.69, 9.17) is 5.73 Å². The molecule has 1 unspecified atom stereocenters. The minimum atomic E-state index is -0.906.